The van der Waals surface area contributed by atoms with Gasteiger partial charge in [-0.3, -0.25) is 14.6 Å². The quantitative estimate of drug-likeness (QED) is 0.319. The van der Waals surface area contributed by atoms with Gasteiger partial charge >= 0.3 is 5.97 Å². The van der Waals surface area contributed by atoms with Crippen molar-refractivity contribution in [2.45, 2.75) is 26.3 Å². The lowest BCUT2D eigenvalue weighted by atomic mass is 10.1. The highest BCUT2D eigenvalue weighted by Gasteiger charge is 2.18. The molecule has 0 spiro atoms. The number of hydrogen-bond acceptors (Lipinski definition) is 7. The fourth-order valence-corrected chi connectivity index (χ4v) is 3.33. The number of ether oxygens (including phenoxy) is 1. The molecule has 0 bridgehead atoms. The Labute approximate surface area is 184 Å². The third-order valence-corrected chi connectivity index (χ3v) is 4.85. The van der Waals surface area contributed by atoms with Gasteiger partial charge in [-0.05, 0) is 43.7 Å². The van der Waals surface area contributed by atoms with Crippen molar-refractivity contribution in [2.24, 2.45) is 0 Å². The maximum Gasteiger partial charge on any atom is 0.305 e. The Bertz CT molecular complexity index is 1200. The van der Waals surface area contributed by atoms with E-state index in [1.807, 2.05) is 24.3 Å². The Morgan fingerprint density at radius 1 is 1.22 bits per heavy atom. The molecular weight excluding hydrogens is 410 g/mol. The Morgan fingerprint density at radius 3 is 2.88 bits per heavy atom. The molecule has 32 heavy (non-hydrogen) atoms. The lowest BCUT2D eigenvalue weighted by Crippen LogP contribution is -2.25. The van der Waals surface area contributed by atoms with Crippen molar-refractivity contribution in [2.75, 3.05) is 13.2 Å². The summed E-state index contributed by atoms with van der Waals surface area (Å²) in [6.45, 7) is 2.85. The van der Waals surface area contributed by atoms with E-state index in [2.05, 4.69) is 15.4 Å². The van der Waals surface area contributed by atoms with E-state index in [4.69, 9.17) is 14.1 Å². The van der Waals surface area contributed by atoms with Crippen molar-refractivity contribution in [1.29, 1.82) is 0 Å². The molecule has 0 saturated carbocycles. The Balaban J connectivity index is 1.62. The minimum atomic E-state index is -0.272. The molecule has 4 aromatic heterocycles. The highest BCUT2D eigenvalue weighted by atomic mass is 16.5. The molecule has 4 rings (SSSR count). The van der Waals surface area contributed by atoms with Crippen LogP contribution in [0.1, 0.15) is 35.9 Å². The second kappa shape index (κ2) is 9.86. The van der Waals surface area contributed by atoms with Gasteiger partial charge in [0.1, 0.15) is 12.3 Å². The molecule has 0 aliphatic heterocycles. The van der Waals surface area contributed by atoms with Gasteiger partial charge in [-0.25, -0.2) is 9.67 Å². The normalized spacial score (nSPS) is 10.9. The number of rotatable bonds is 9. The maximum atomic E-state index is 13.0. The predicted octanol–water partition coefficient (Wildman–Crippen LogP) is 3.21. The fourth-order valence-electron chi connectivity index (χ4n) is 3.33. The van der Waals surface area contributed by atoms with E-state index in [0.29, 0.717) is 48.4 Å². The summed E-state index contributed by atoms with van der Waals surface area (Å²) in [7, 11) is 0. The number of carbonyl (C=O) groups is 2. The van der Waals surface area contributed by atoms with Crippen molar-refractivity contribution in [3.8, 4) is 11.3 Å². The summed E-state index contributed by atoms with van der Waals surface area (Å²) >= 11 is 0. The molecule has 1 N–H and O–H groups in total. The van der Waals surface area contributed by atoms with Crippen LogP contribution in [0.2, 0.25) is 0 Å². The van der Waals surface area contributed by atoms with Crippen LogP contribution in [0.4, 0.5) is 0 Å². The Kier molecular flexibility index (Phi) is 6.54. The molecule has 164 valence electrons. The number of esters is 1. The summed E-state index contributed by atoms with van der Waals surface area (Å²) < 4.78 is 12.1. The average molecular weight is 433 g/mol. The van der Waals surface area contributed by atoms with E-state index in [0.717, 1.165) is 11.3 Å². The first-order chi connectivity index (χ1) is 15.7. The van der Waals surface area contributed by atoms with Gasteiger partial charge in [0.25, 0.3) is 5.91 Å². The van der Waals surface area contributed by atoms with Gasteiger partial charge in [0.15, 0.2) is 5.65 Å². The number of nitrogens with zero attached hydrogens (tertiary/aromatic N) is 4. The minimum Gasteiger partial charge on any atom is -0.467 e. The first-order valence-corrected chi connectivity index (χ1v) is 10.4. The van der Waals surface area contributed by atoms with E-state index in [9.17, 15) is 9.59 Å². The topological polar surface area (TPSA) is 112 Å². The van der Waals surface area contributed by atoms with Gasteiger partial charge in [-0.2, -0.15) is 5.10 Å². The van der Waals surface area contributed by atoms with Crippen LogP contribution in [-0.2, 0) is 16.1 Å². The molecule has 0 unspecified atom stereocenters. The summed E-state index contributed by atoms with van der Waals surface area (Å²) in [5, 5.41) is 7.93. The molecular formula is C23H23N5O4. The van der Waals surface area contributed by atoms with Crippen LogP contribution in [0.5, 0.6) is 0 Å². The Hall–Kier alpha value is -4.01. The zero-order valence-corrected chi connectivity index (χ0v) is 17.7. The molecule has 4 heterocycles. The second-order valence-corrected chi connectivity index (χ2v) is 7.08. The predicted molar refractivity (Wildman–Crippen MR) is 117 cm³/mol. The molecule has 0 aliphatic rings. The van der Waals surface area contributed by atoms with Crippen LogP contribution < -0.4 is 5.32 Å². The van der Waals surface area contributed by atoms with Gasteiger partial charge in [-0.15, -0.1) is 0 Å². The monoisotopic (exact) mass is 433 g/mol. The molecule has 9 nitrogen and oxygen atoms in total. The third-order valence-electron chi connectivity index (χ3n) is 4.85. The summed E-state index contributed by atoms with van der Waals surface area (Å²) in [5.74, 6) is 0.198. The second-order valence-electron chi connectivity index (χ2n) is 7.08. The van der Waals surface area contributed by atoms with Gasteiger partial charge < -0.3 is 14.5 Å². The zero-order valence-electron chi connectivity index (χ0n) is 17.7. The number of fused-ring (bicyclic) bond motifs is 1. The van der Waals surface area contributed by atoms with Crippen LogP contribution in [0, 0.1) is 0 Å². The lowest BCUT2D eigenvalue weighted by Gasteiger charge is -2.09. The largest absolute Gasteiger partial charge is 0.467 e. The standard InChI is InChI=1S/C23H23N5O4/c1-2-31-21(29)8-4-10-25-23(30)18-12-20(16-6-3-9-24-13-16)27-22-19(18)14-26-28(22)15-17-7-5-11-32-17/h3,5-7,9,11-14H,2,4,8,10,15H2,1H3,(H,25,30). The van der Waals surface area contributed by atoms with Crippen LogP contribution >= 0.6 is 0 Å². The summed E-state index contributed by atoms with van der Waals surface area (Å²) in [5.41, 5.74) is 2.43. The number of nitrogens with one attached hydrogen (secondary N) is 1. The van der Waals surface area contributed by atoms with Gasteiger partial charge in [0.2, 0.25) is 0 Å². The van der Waals surface area contributed by atoms with E-state index >= 15 is 0 Å². The van der Waals surface area contributed by atoms with Crippen LogP contribution in [0.15, 0.2) is 59.6 Å². The number of hydrogen-bond donors (Lipinski definition) is 1. The van der Waals surface area contributed by atoms with E-state index < -0.39 is 0 Å². The van der Waals surface area contributed by atoms with Crippen molar-refractivity contribution in [3.63, 3.8) is 0 Å². The van der Waals surface area contributed by atoms with Gasteiger partial charge in [0, 0.05) is 30.9 Å². The van der Waals surface area contributed by atoms with Crippen molar-refractivity contribution in [3.05, 3.63) is 66.5 Å². The van der Waals surface area contributed by atoms with E-state index in [-0.39, 0.29) is 18.3 Å². The molecule has 0 fully saturated rings. The van der Waals surface area contributed by atoms with Crippen molar-refractivity contribution < 1.29 is 18.7 Å². The molecule has 4 aromatic rings. The third kappa shape index (κ3) is 4.83. The molecule has 0 atom stereocenters. The molecule has 0 saturated heterocycles. The first kappa shape index (κ1) is 21.2. The summed E-state index contributed by atoms with van der Waals surface area (Å²) in [6, 6.07) is 9.10. The van der Waals surface area contributed by atoms with Crippen LogP contribution in [0.25, 0.3) is 22.3 Å². The summed E-state index contributed by atoms with van der Waals surface area (Å²) in [4.78, 5) is 33.4. The number of furan rings is 1. The van der Waals surface area contributed by atoms with Crippen molar-refractivity contribution in [1.82, 2.24) is 25.1 Å². The highest BCUT2D eigenvalue weighted by molar-refractivity contribution is 6.06. The van der Waals surface area contributed by atoms with Crippen LogP contribution in [0.3, 0.4) is 0 Å². The Morgan fingerprint density at radius 2 is 2.12 bits per heavy atom. The fraction of sp³-hybridized carbons (Fsp3) is 0.261. The lowest BCUT2D eigenvalue weighted by molar-refractivity contribution is -0.143. The number of aromatic nitrogens is 4. The van der Waals surface area contributed by atoms with Crippen LogP contribution in [-0.4, -0.2) is 44.8 Å². The molecule has 1 amide bonds. The average Bonchev–Trinajstić information content (AvgIpc) is 3.47. The molecule has 0 aromatic carbocycles. The molecule has 9 heteroatoms. The number of amides is 1. The molecule has 0 radical (unpaired) electrons. The van der Waals surface area contributed by atoms with E-state index in [1.54, 1.807) is 42.5 Å². The minimum absolute atomic E-state index is 0.252. The smallest absolute Gasteiger partial charge is 0.305 e. The first-order valence-electron chi connectivity index (χ1n) is 10.4. The van der Waals surface area contributed by atoms with E-state index in [1.165, 1.54) is 0 Å². The zero-order chi connectivity index (χ0) is 22.3. The molecule has 0 aliphatic carbocycles. The number of pyridine rings is 2. The van der Waals surface area contributed by atoms with Crippen molar-refractivity contribution >= 4 is 22.9 Å². The maximum absolute atomic E-state index is 13.0. The SMILES string of the molecule is CCOC(=O)CCCNC(=O)c1cc(-c2cccnc2)nc2c1cnn2Cc1ccco1. The van der Waals surface area contributed by atoms with Gasteiger partial charge in [0.05, 0.1) is 35.7 Å². The highest BCUT2D eigenvalue weighted by Crippen LogP contribution is 2.25. The van der Waals surface area contributed by atoms with Gasteiger partial charge in [-0.1, -0.05) is 0 Å². The number of carbonyl (C=O) groups excluding carboxylic acids is 2. The summed E-state index contributed by atoms with van der Waals surface area (Å²) in [6.07, 6.45) is 7.35.